The zero-order chi connectivity index (χ0) is 18.5. The van der Waals surface area contributed by atoms with E-state index in [1.54, 1.807) is 0 Å². The van der Waals surface area contributed by atoms with Crippen LogP contribution in [0.3, 0.4) is 0 Å². The molecule has 0 spiro atoms. The Morgan fingerprint density at radius 3 is 2.24 bits per heavy atom. The van der Waals surface area contributed by atoms with Gasteiger partial charge in [0.15, 0.2) is 9.84 Å². The van der Waals surface area contributed by atoms with E-state index in [0.29, 0.717) is 12.8 Å². The van der Waals surface area contributed by atoms with Gasteiger partial charge in [0.1, 0.15) is 10.6 Å². The first-order chi connectivity index (χ1) is 11.5. The van der Waals surface area contributed by atoms with E-state index in [1.165, 1.54) is 12.1 Å². The monoisotopic (exact) mass is 399 g/mol. The lowest BCUT2D eigenvalue weighted by Crippen LogP contribution is -2.42. The predicted molar refractivity (Wildman–Crippen MR) is 82.2 cm³/mol. The molecule has 2 aliphatic rings. The first kappa shape index (κ1) is 18.5. The summed E-state index contributed by atoms with van der Waals surface area (Å²) in [5, 5.41) is 0. The standard InChI is InChI=1S/C14H16F3NO5S2/c15-14(16,17)23-12-3-1-2-4-13(12)25(21,22)18(10-5-6-10)11-7-8-24(19,20)9-11/h1-4,10-11H,5-9H2/t11-/m0/s1. The van der Waals surface area contributed by atoms with E-state index in [-0.39, 0.29) is 24.0 Å². The van der Waals surface area contributed by atoms with Crippen LogP contribution in [0.15, 0.2) is 29.2 Å². The fourth-order valence-corrected chi connectivity index (χ4v) is 6.80. The number of alkyl halides is 3. The number of benzene rings is 1. The Morgan fingerprint density at radius 1 is 1.08 bits per heavy atom. The number of ether oxygens (including phenoxy) is 1. The van der Waals surface area contributed by atoms with Crippen molar-refractivity contribution in [3.05, 3.63) is 24.3 Å². The van der Waals surface area contributed by atoms with Gasteiger partial charge in [-0.1, -0.05) is 12.1 Å². The largest absolute Gasteiger partial charge is 0.573 e. The van der Waals surface area contributed by atoms with Crippen molar-refractivity contribution in [1.82, 2.24) is 4.31 Å². The van der Waals surface area contributed by atoms with Crippen LogP contribution in [0.4, 0.5) is 13.2 Å². The van der Waals surface area contributed by atoms with Crippen molar-refractivity contribution in [3.8, 4) is 5.75 Å². The number of nitrogens with zero attached hydrogens (tertiary/aromatic N) is 1. The number of hydrogen-bond donors (Lipinski definition) is 0. The van der Waals surface area contributed by atoms with E-state index in [9.17, 15) is 30.0 Å². The molecular weight excluding hydrogens is 383 g/mol. The van der Waals surface area contributed by atoms with Crippen LogP contribution in [-0.4, -0.2) is 51.1 Å². The Morgan fingerprint density at radius 2 is 1.72 bits per heavy atom. The van der Waals surface area contributed by atoms with Crippen LogP contribution in [0, 0.1) is 0 Å². The molecule has 0 amide bonds. The summed E-state index contributed by atoms with van der Waals surface area (Å²) in [6.45, 7) is 0. The van der Waals surface area contributed by atoms with E-state index in [4.69, 9.17) is 0 Å². The third-order valence-electron chi connectivity index (χ3n) is 4.11. The van der Waals surface area contributed by atoms with Gasteiger partial charge in [-0.25, -0.2) is 16.8 Å². The Balaban J connectivity index is 2.00. The number of para-hydroxylation sites is 1. The molecule has 140 valence electrons. The quantitative estimate of drug-likeness (QED) is 0.756. The lowest BCUT2D eigenvalue weighted by Gasteiger charge is -2.28. The van der Waals surface area contributed by atoms with Crippen molar-refractivity contribution >= 4 is 19.9 Å². The van der Waals surface area contributed by atoms with Gasteiger partial charge >= 0.3 is 6.36 Å². The van der Waals surface area contributed by atoms with Crippen molar-refractivity contribution in [1.29, 1.82) is 0 Å². The number of sulfone groups is 1. The summed E-state index contributed by atoms with van der Waals surface area (Å²) in [4.78, 5) is -0.608. The maximum atomic E-state index is 13.0. The molecule has 1 saturated heterocycles. The van der Waals surface area contributed by atoms with Gasteiger partial charge in [-0.15, -0.1) is 13.2 Å². The lowest BCUT2D eigenvalue weighted by atomic mass is 10.2. The number of rotatable bonds is 5. The molecule has 25 heavy (non-hydrogen) atoms. The van der Waals surface area contributed by atoms with Gasteiger partial charge in [-0.05, 0) is 31.4 Å². The van der Waals surface area contributed by atoms with E-state index < -0.39 is 42.9 Å². The lowest BCUT2D eigenvalue weighted by molar-refractivity contribution is -0.275. The normalized spacial score (nSPS) is 23.8. The van der Waals surface area contributed by atoms with Crippen LogP contribution in [0.25, 0.3) is 0 Å². The highest BCUT2D eigenvalue weighted by Gasteiger charge is 2.47. The average Bonchev–Trinajstić information content (AvgIpc) is 3.21. The minimum Gasteiger partial charge on any atom is -0.404 e. The van der Waals surface area contributed by atoms with E-state index in [1.807, 2.05) is 0 Å². The Kier molecular flexibility index (Phi) is 4.53. The third kappa shape index (κ3) is 4.09. The van der Waals surface area contributed by atoms with Gasteiger partial charge < -0.3 is 4.74 Å². The van der Waals surface area contributed by atoms with Crippen molar-refractivity contribution < 1.29 is 34.7 Å². The molecule has 1 aromatic carbocycles. The molecule has 1 aliphatic carbocycles. The van der Waals surface area contributed by atoms with Crippen LogP contribution < -0.4 is 4.74 Å². The highest BCUT2D eigenvalue weighted by Crippen LogP contribution is 2.39. The van der Waals surface area contributed by atoms with Crippen molar-refractivity contribution in [2.24, 2.45) is 0 Å². The summed E-state index contributed by atoms with van der Waals surface area (Å²) in [6, 6.07) is 3.35. The minimum absolute atomic E-state index is 0.128. The van der Waals surface area contributed by atoms with Crippen LogP contribution in [-0.2, 0) is 19.9 Å². The number of hydrogen-bond acceptors (Lipinski definition) is 5. The predicted octanol–water partition coefficient (Wildman–Crippen LogP) is 1.93. The second-order valence-corrected chi connectivity index (χ2v) is 10.2. The first-order valence-electron chi connectivity index (χ1n) is 7.58. The number of halogens is 3. The Bertz CT molecular complexity index is 863. The average molecular weight is 399 g/mol. The van der Waals surface area contributed by atoms with Crippen LogP contribution in [0.2, 0.25) is 0 Å². The SMILES string of the molecule is O=S1(=O)CC[C@H](N(C2CC2)S(=O)(=O)c2ccccc2OC(F)(F)F)C1. The molecule has 2 fully saturated rings. The molecule has 1 saturated carbocycles. The van der Waals surface area contributed by atoms with Gasteiger partial charge in [0, 0.05) is 12.1 Å². The van der Waals surface area contributed by atoms with Crippen LogP contribution in [0.1, 0.15) is 19.3 Å². The molecule has 6 nitrogen and oxygen atoms in total. The molecule has 0 radical (unpaired) electrons. The summed E-state index contributed by atoms with van der Waals surface area (Å²) < 4.78 is 92.1. The maximum absolute atomic E-state index is 13.0. The van der Waals surface area contributed by atoms with Gasteiger partial charge in [-0.2, -0.15) is 4.31 Å². The van der Waals surface area contributed by atoms with Crippen molar-refractivity contribution in [2.45, 2.75) is 42.6 Å². The van der Waals surface area contributed by atoms with Gasteiger partial charge in [0.2, 0.25) is 10.0 Å². The van der Waals surface area contributed by atoms with Crippen molar-refractivity contribution in [3.63, 3.8) is 0 Å². The maximum Gasteiger partial charge on any atom is 0.573 e. The second kappa shape index (κ2) is 6.13. The molecular formula is C14H16F3NO5S2. The summed E-state index contributed by atoms with van der Waals surface area (Å²) in [7, 11) is -7.68. The molecule has 1 aromatic rings. The molecule has 1 heterocycles. The summed E-state index contributed by atoms with van der Waals surface area (Å²) in [6.07, 6.45) is -3.79. The van der Waals surface area contributed by atoms with E-state index in [0.717, 1.165) is 16.4 Å². The fourth-order valence-electron chi connectivity index (χ4n) is 2.98. The number of sulfonamides is 1. The van der Waals surface area contributed by atoms with Crippen LogP contribution >= 0.6 is 0 Å². The first-order valence-corrected chi connectivity index (χ1v) is 10.8. The second-order valence-electron chi connectivity index (χ2n) is 6.12. The van der Waals surface area contributed by atoms with E-state index >= 15 is 0 Å². The minimum atomic E-state index is -5.03. The molecule has 11 heteroatoms. The van der Waals surface area contributed by atoms with Gasteiger partial charge in [0.25, 0.3) is 0 Å². The molecule has 0 N–H and O–H groups in total. The van der Waals surface area contributed by atoms with E-state index in [2.05, 4.69) is 4.74 Å². The highest BCUT2D eigenvalue weighted by molar-refractivity contribution is 7.92. The molecule has 0 bridgehead atoms. The third-order valence-corrected chi connectivity index (χ3v) is 7.90. The summed E-state index contributed by atoms with van der Waals surface area (Å²) in [5.74, 6) is -1.26. The van der Waals surface area contributed by atoms with Crippen LogP contribution in [0.5, 0.6) is 5.75 Å². The fraction of sp³-hybridized carbons (Fsp3) is 0.571. The zero-order valence-electron chi connectivity index (χ0n) is 12.9. The smallest absolute Gasteiger partial charge is 0.404 e. The molecule has 3 rings (SSSR count). The highest BCUT2D eigenvalue weighted by atomic mass is 32.2. The van der Waals surface area contributed by atoms with Crippen molar-refractivity contribution in [2.75, 3.05) is 11.5 Å². The summed E-state index contributed by atoms with van der Waals surface area (Å²) >= 11 is 0. The molecule has 0 unspecified atom stereocenters. The summed E-state index contributed by atoms with van der Waals surface area (Å²) in [5.41, 5.74) is 0. The van der Waals surface area contributed by atoms with Gasteiger partial charge in [-0.3, -0.25) is 0 Å². The molecule has 0 aromatic heterocycles. The topological polar surface area (TPSA) is 80.8 Å². The molecule has 1 aliphatic heterocycles. The van der Waals surface area contributed by atoms with Gasteiger partial charge in [0.05, 0.1) is 11.5 Å². The Hall–Kier alpha value is -1.33. The Labute approximate surface area is 143 Å². The zero-order valence-corrected chi connectivity index (χ0v) is 14.6. The molecule has 1 atom stereocenters.